The quantitative estimate of drug-likeness (QED) is 0.394. The molecule has 198 valence electrons. The van der Waals surface area contributed by atoms with E-state index < -0.39 is 21.6 Å². The van der Waals surface area contributed by atoms with Gasteiger partial charge >= 0.3 is 6.18 Å². The van der Waals surface area contributed by atoms with Crippen LogP contribution in [0, 0.1) is 5.92 Å². The van der Waals surface area contributed by atoms with Crippen LogP contribution in [0.3, 0.4) is 0 Å². The van der Waals surface area contributed by atoms with Crippen molar-refractivity contribution < 1.29 is 26.4 Å². The van der Waals surface area contributed by atoms with Gasteiger partial charge in [0.2, 0.25) is 0 Å². The van der Waals surface area contributed by atoms with Gasteiger partial charge in [0, 0.05) is 30.2 Å². The molecule has 0 spiro atoms. The molecule has 0 radical (unpaired) electrons. The Bertz CT molecular complexity index is 1370. The van der Waals surface area contributed by atoms with Gasteiger partial charge in [-0.25, -0.2) is 8.42 Å². The number of hydrogen-bond acceptors (Lipinski definition) is 6. The van der Waals surface area contributed by atoms with Crippen LogP contribution in [-0.2, 0) is 35.6 Å². The van der Waals surface area contributed by atoms with Crippen molar-refractivity contribution in [1.82, 2.24) is 15.2 Å². The van der Waals surface area contributed by atoms with E-state index in [2.05, 4.69) is 29.0 Å². The Morgan fingerprint density at radius 1 is 1.19 bits per heavy atom. The molecular weight excluding hydrogens is 523 g/mol. The van der Waals surface area contributed by atoms with Crippen molar-refractivity contribution in [2.75, 3.05) is 5.75 Å². The first kappa shape index (κ1) is 27.3. The van der Waals surface area contributed by atoms with E-state index >= 15 is 0 Å². The monoisotopic (exact) mass is 551 g/mol. The van der Waals surface area contributed by atoms with Gasteiger partial charge in [-0.2, -0.15) is 13.2 Å². The van der Waals surface area contributed by atoms with Gasteiger partial charge in [-0.1, -0.05) is 32.9 Å². The molecule has 0 saturated heterocycles. The topological polar surface area (TPSA) is 79.4 Å². The summed E-state index contributed by atoms with van der Waals surface area (Å²) in [5, 5.41) is 2.84. The number of sulfone groups is 1. The van der Waals surface area contributed by atoms with Crippen LogP contribution in [-0.4, -0.2) is 30.0 Å². The number of rotatable bonds is 8. The lowest BCUT2D eigenvalue weighted by Crippen LogP contribution is -2.26. The number of alkyl halides is 3. The number of nitrogens with zero attached hydrogens (tertiary/aromatic N) is 2. The van der Waals surface area contributed by atoms with Crippen molar-refractivity contribution in [1.29, 1.82) is 0 Å². The van der Waals surface area contributed by atoms with Crippen molar-refractivity contribution in [3.63, 3.8) is 0 Å². The highest BCUT2D eigenvalue weighted by atomic mass is 32.2. The third-order valence-electron chi connectivity index (χ3n) is 6.37. The first-order valence-electron chi connectivity index (χ1n) is 11.9. The van der Waals surface area contributed by atoms with Crippen molar-refractivity contribution in [2.45, 2.75) is 57.5 Å². The molecule has 11 heteroatoms. The molecule has 6 nitrogen and oxygen atoms in total. The molecule has 1 N–H and O–H groups in total. The first-order valence-corrected chi connectivity index (χ1v) is 14.3. The summed E-state index contributed by atoms with van der Waals surface area (Å²) < 4.78 is 62.5. The molecule has 0 unspecified atom stereocenters. The van der Waals surface area contributed by atoms with Gasteiger partial charge in [-0.15, -0.1) is 11.3 Å². The van der Waals surface area contributed by atoms with Crippen molar-refractivity contribution in [2.24, 2.45) is 5.92 Å². The van der Waals surface area contributed by atoms with Crippen molar-refractivity contribution in [3.05, 3.63) is 80.8 Å². The van der Waals surface area contributed by atoms with E-state index in [1.54, 1.807) is 13.0 Å². The predicted molar refractivity (Wildman–Crippen MR) is 136 cm³/mol. The molecule has 1 aliphatic heterocycles. The second kappa shape index (κ2) is 10.5. The lowest BCUT2D eigenvalue weighted by Gasteiger charge is -2.28. The average molecular weight is 552 g/mol. The SMILES string of the molecule is CCS(=O)(=O)c1ccc(CNC(=O)c2cc3c(s2)[C@@H](C(C)C)N(Cc2ccc(C(F)(F)F)cc2)C3)nc1. The molecule has 4 rings (SSSR count). The zero-order chi connectivity index (χ0) is 27.0. The lowest BCUT2D eigenvalue weighted by molar-refractivity contribution is -0.137. The number of carbonyl (C=O) groups excluding carboxylic acids is 1. The molecule has 0 saturated carbocycles. The minimum Gasteiger partial charge on any atom is -0.346 e. The Labute approximate surface area is 218 Å². The highest BCUT2D eigenvalue weighted by Crippen LogP contribution is 2.44. The van der Waals surface area contributed by atoms with Crippen LogP contribution in [0.15, 0.2) is 53.6 Å². The fourth-order valence-corrected chi connectivity index (χ4v) is 6.67. The summed E-state index contributed by atoms with van der Waals surface area (Å²) in [6.07, 6.45) is -3.05. The Morgan fingerprint density at radius 3 is 2.46 bits per heavy atom. The van der Waals surface area contributed by atoms with E-state index in [4.69, 9.17) is 0 Å². The summed E-state index contributed by atoms with van der Waals surface area (Å²) in [6, 6.07) is 10.3. The molecule has 1 atom stereocenters. The third kappa shape index (κ3) is 6.05. The minimum atomic E-state index is -4.36. The summed E-state index contributed by atoms with van der Waals surface area (Å²) >= 11 is 1.43. The third-order valence-corrected chi connectivity index (χ3v) is 9.33. The zero-order valence-corrected chi connectivity index (χ0v) is 22.3. The molecule has 1 amide bonds. The van der Waals surface area contributed by atoms with E-state index in [0.29, 0.717) is 23.7 Å². The number of carbonyl (C=O) groups is 1. The molecule has 0 fully saturated rings. The van der Waals surface area contributed by atoms with Gasteiger partial charge in [0.25, 0.3) is 5.91 Å². The molecule has 3 heterocycles. The predicted octanol–water partition coefficient (Wildman–Crippen LogP) is 5.60. The number of nitrogens with one attached hydrogen (secondary N) is 1. The molecule has 1 aliphatic rings. The maximum atomic E-state index is 12.9. The Kier molecular flexibility index (Phi) is 7.77. The Balaban J connectivity index is 1.41. The normalized spacial score (nSPS) is 16.2. The second-order valence-electron chi connectivity index (χ2n) is 9.36. The van der Waals surface area contributed by atoms with E-state index in [-0.39, 0.29) is 35.1 Å². The first-order chi connectivity index (χ1) is 17.4. The second-order valence-corrected chi connectivity index (χ2v) is 12.7. The fourth-order valence-electron chi connectivity index (χ4n) is 4.45. The fraction of sp³-hybridized carbons (Fsp3) is 0.385. The number of fused-ring (bicyclic) bond motifs is 1. The van der Waals surface area contributed by atoms with Crippen LogP contribution in [0.2, 0.25) is 0 Å². The summed E-state index contributed by atoms with van der Waals surface area (Å²) in [7, 11) is -3.33. The molecular formula is C26H28F3N3O3S2. The molecule has 0 bridgehead atoms. The van der Waals surface area contributed by atoms with Gasteiger partial charge in [0.1, 0.15) is 0 Å². The number of benzene rings is 1. The van der Waals surface area contributed by atoms with Gasteiger partial charge in [0.05, 0.1) is 33.3 Å². The smallest absolute Gasteiger partial charge is 0.346 e. The molecule has 2 aromatic heterocycles. The van der Waals surface area contributed by atoms with Gasteiger partial charge in [-0.05, 0) is 47.4 Å². The number of thiophene rings is 1. The van der Waals surface area contributed by atoms with E-state index in [0.717, 1.165) is 28.1 Å². The van der Waals surface area contributed by atoms with E-state index in [9.17, 15) is 26.4 Å². The summed E-state index contributed by atoms with van der Waals surface area (Å²) in [4.78, 5) is 21.0. The molecule has 0 aliphatic carbocycles. The van der Waals surface area contributed by atoms with Crippen LogP contribution in [0.1, 0.15) is 63.7 Å². The molecule has 37 heavy (non-hydrogen) atoms. The van der Waals surface area contributed by atoms with Crippen LogP contribution in [0.5, 0.6) is 0 Å². The van der Waals surface area contributed by atoms with E-state index in [1.165, 1.54) is 35.7 Å². The average Bonchev–Trinajstić information content (AvgIpc) is 3.40. The number of hydrogen-bond donors (Lipinski definition) is 1. The maximum absolute atomic E-state index is 12.9. The number of pyridine rings is 1. The highest BCUT2D eigenvalue weighted by Gasteiger charge is 2.35. The zero-order valence-electron chi connectivity index (χ0n) is 20.7. The van der Waals surface area contributed by atoms with Crippen molar-refractivity contribution >= 4 is 27.1 Å². The number of aromatic nitrogens is 1. The molecule has 1 aromatic carbocycles. The van der Waals surface area contributed by atoms with Crippen LogP contribution >= 0.6 is 11.3 Å². The highest BCUT2D eigenvalue weighted by molar-refractivity contribution is 7.91. The molecule has 3 aromatic rings. The van der Waals surface area contributed by atoms with Crippen molar-refractivity contribution in [3.8, 4) is 0 Å². The Morgan fingerprint density at radius 2 is 1.89 bits per heavy atom. The standard InChI is InChI=1S/C26H28F3N3O3S2/c1-4-37(34,35)21-10-9-20(30-13-21)12-31-25(33)22-11-18-15-32(23(16(2)3)24(18)36-22)14-17-5-7-19(8-6-17)26(27,28)29/h5-11,13,16,23H,4,12,14-15H2,1-3H3,(H,31,33)/t23-/m1/s1. The largest absolute Gasteiger partial charge is 0.416 e. The minimum absolute atomic E-state index is 0.00700. The number of halogens is 3. The van der Waals surface area contributed by atoms with Gasteiger partial charge in [0.15, 0.2) is 9.84 Å². The number of amides is 1. The summed E-state index contributed by atoms with van der Waals surface area (Å²) in [5.74, 6) is 0.00284. The van der Waals surface area contributed by atoms with Gasteiger partial charge in [-0.3, -0.25) is 14.7 Å². The lowest BCUT2D eigenvalue weighted by atomic mass is 10.0. The van der Waals surface area contributed by atoms with Crippen LogP contribution < -0.4 is 5.32 Å². The summed E-state index contributed by atoms with van der Waals surface area (Å²) in [5.41, 5.74) is 1.74. The van der Waals surface area contributed by atoms with Gasteiger partial charge < -0.3 is 5.32 Å². The Hall–Kier alpha value is -2.76. The van der Waals surface area contributed by atoms with E-state index in [1.807, 2.05) is 6.07 Å². The maximum Gasteiger partial charge on any atom is 0.416 e. The summed E-state index contributed by atoms with van der Waals surface area (Å²) in [6.45, 7) is 7.04. The van der Waals surface area contributed by atoms with Crippen LogP contribution in [0.25, 0.3) is 0 Å². The van der Waals surface area contributed by atoms with Crippen LogP contribution in [0.4, 0.5) is 13.2 Å².